The molecule has 0 aliphatic heterocycles. The van der Waals surface area contributed by atoms with Gasteiger partial charge in [0.1, 0.15) is 5.41 Å². The zero-order valence-corrected chi connectivity index (χ0v) is 16.7. The highest BCUT2D eigenvalue weighted by molar-refractivity contribution is 6.30. The van der Waals surface area contributed by atoms with Crippen molar-refractivity contribution in [2.75, 3.05) is 13.1 Å². The summed E-state index contributed by atoms with van der Waals surface area (Å²) in [6.45, 7) is 4.30. The van der Waals surface area contributed by atoms with E-state index in [0.29, 0.717) is 24.5 Å². The van der Waals surface area contributed by atoms with Gasteiger partial charge in [0, 0.05) is 18.1 Å². The second-order valence-electron chi connectivity index (χ2n) is 7.11. The summed E-state index contributed by atoms with van der Waals surface area (Å²) < 4.78 is 0. The number of benzene rings is 2. The fourth-order valence-electron chi connectivity index (χ4n) is 2.70. The van der Waals surface area contributed by atoms with Gasteiger partial charge < -0.3 is 10.6 Å². The minimum absolute atomic E-state index is 0.254. The summed E-state index contributed by atoms with van der Waals surface area (Å²) in [5.41, 5.74) is 1.18. The van der Waals surface area contributed by atoms with Gasteiger partial charge in [0.2, 0.25) is 11.8 Å². The number of hydrogen-bond donors (Lipinski definition) is 2. The molecule has 27 heavy (non-hydrogen) atoms. The van der Waals surface area contributed by atoms with Gasteiger partial charge in [-0.3, -0.25) is 9.59 Å². The minimum Gasteiger partial charge on any atom is -0.355 e. The van der Waals surface area contributed by atoms with Gasteiger partial charge in [-0.05, 0) is 56.4 Å². The van der Waals surface area contributed by atoms with Gasteiger partial charge in [-0.15, -0.1) is 0 Å². The molecule has 0 heterocycles. The summed E-state index contributed by atoms with van der Waals surface area (Å²) in [5.74, 6) is -0.527. The maximum atomic E-state index is 12.4. The molecule has 2 aromatic rings. The number of aryl methyl sites for hydroxylation is 1. The standard InChI is InChI=1S/C22H27ClN2O2/c1-22(2,20(26)24-14-7-11-17-8-4-3-5-9-17)21(27)25-15-13-18-10-6-12-19(23)16-18/h3-6,8-10,12,16H,7,11,13-15H2,1-2H3,(H,24,26)(H,25,27). The first-order valence-electron chi connectivity index (χ1n) is 9.24. The number of hydrogen-bond acceptors (Lipinski definition) is 2. The van der Waals surface area contributed by atoms with E-state index in [1.807, 2.05) is 42.5 Å². The molecular weight excluding hydrogens is 360 g/mol. The van der Waals surface area contributed by atoms with Crippen molar-refractivity contribution in [1.82, 2.24) is 10.6 Å². The first-order chi connectivity index (χ1) is 12.9. The van der Waals surface area contributed by atoms with Crippen LogP contribution in [0.2, 0.25) is 5.02 Å². The van der Waals surface area contributed by atoms with Crippen molar-refractivity contribution in [3.8, 4) is 0 Å². The lowest BCUT2D eigenvalue weighted by Gasteiger charge is -2.22. The van der Waals surface area contributed by atoms with E-state index in [0.717, 1.165) is 18.4 Å². The number of halogens is 1. The van der Waals surface area contributed by atoms with Crippen LogP contribution >= 0.6 is 11.6 Å². The fourth-order valence-corrected chi connectivity index (χ4v) is 2.91. The maximum Gasteiger partial charge on any atom is 0.235 e. The van der Waals surface area contributed by atoms with Crippen LogP contribution in [0.15, 0.2) is 54.6 Å². The lowest BCUT2D eigenvalue weighted by atomic mass is 9.91. The Balaban J connectivity index is 1.72. The quantitative estimate of drug-likeness (QED) is 0.509. The molecular formula is C22H27ClN2O2. The van der Waals surface area contributed by atoms with E-state index >= 15 is 0 Å². The first-order valence-corrected chi connectivity index (χ1v) is 9.62. The average Bonchev–Trinajstić information content (AvgIpc) is 2.65. The molecule has 0 atom stereocenters. The SMILES string of the molecule is CC(C)(C(=O)NCCCc1ccccc1)C(=O)NCCc1cccc(Cl)c1. The Labute approximate surface area is 166 Å². The smallest absolute Gasteiger partial charge is 0.235 e. The van der Waals surface area contributed by atoms with Crippen LogP contribution in [0.25, 0.3) is 0 Å². The molecule has 0 fully saturated rings. The summed E-state index contributed by atoms with van der Waals surface area (Å²) in [7, 11) is 0. The Morgan fingerprint density at radius 2 is 1.48 bits per heavy atom. The molecule has 0 saturated heterocycles. The molecule has 2 aromatic carbocycles. The highest BCUT2D eigenvalue weighted by Crippen LogP contribution is 2.16. The monoisotopic (exact) mass is 386 g/mol. The van der Waals surface area contributed by atoms with Crippen molar-refractivity contribution in [2.45, 2.75) is 33.1 Å². The Morgan fingerprint density at radius 3 is 2.15 bits per heavy atom. The van der Waals surface area contributed by atoms with Crippen molar-refractivity contribution >= 4 is 23.4 Å². The van der Waals surface area contributed by atoms with Crippen molar-refractivity contribution in [2.24, 2.45) is 5.41 Å². The highest BCUT2D eigenvalue weighted by Gasteiger charge is 2.35. The maximum absolute atomic E-state index is 12.4. The third-order valence-corrected chi connectivity index (χ3v) is 4.73. The van der Waals surface area contributed by atoms with E-state index in [4.69, 9.17) is 11.6 Å². The van der Waals surface area contributed by atoms with Gasteiger partial charge in [0.25, 0.3) is 0 Å². The Kier molecular flexibility index (Phi) is 7.86. The third kappa shape index (κ3) is 6.72. The summed E-state index contributed by atoms with van der Waals surface area (Å²) >= 11 is 5.96. The average molecular weight is 387 g/mol. The van der Waals surface area contributed by atoms with Gasteiger partial charge in [-0.25, -0.2) is 0 Å². The Bertz CT molecular complexity index is 760. The van der Waals surface area contributed by atoms with Crippen LogP contribution < -0.4 is 10.6 Å². The summed E-state index contributed by atoms with van der Waals surface area (Å²) in [6.07, 6.45) is 2.40. The summed E-state index contributed by atoms with van der Waals surface area (Å²) in [5, 5.41) is 6.39. The normalized spacial score (nSPS) is 11.1. The third-order valence-electron chi connectivity index (χ3n) is 4.49. The predicted molar refractivity (Wildman–Crippen MR) is 110 cm³/mol. The molecule has 2 amide bonds. The second-order valence-corrected chi connectivity index (χ2v) is 7.54. The summed E-state index contributed by atoms with van der Waals surface area (Å²) in [6, 6.07) is 17.7. The molecule has 0 saturated carbocycles. The van der Waals surface area contributed by atoms with Crippen LogP contribution in [-0.4, -0.2) is 24.9 Å². The number of carbonyl (C=O) groups excluding carboxylic acids is 2. The number of amides is 2. The molecule has 144 valence electrons. The second kappa shape index (κ2) is 10.1. The van der Waals surface area contributed by atoms with Gasteiger partial charge >= 0.3 is 0 Å². The van der Waals surface area contributed by atoms with Crippen molar-refractivity contribution < 1.29 is 9.59 Å². The van der Waals surface area contributed by atoms with E-state index < -0.39 is 5.41 Å². The molecule has 0 bridgehead atoms. The largest absolute Gasteiger partial charge is 0.355 e. The first kappa shape index (κ1) is 21.0. The Hall–Kier alpha value is -2.33. The van der Waals surface area contributed by atoms with Gasteiger partial charge in [0.15, 0.2) is 0 Å². The number of carbonyl (C=O) groups is 2. The van der Waals surface area contributed by atoms with Crippen molar-refractivity contribution in [3.63, 3.8) is 0 Å². The molecule has 0 aliphatic carbocycles. The van der Waals surface area contributed by atoms with Gasteiger partial charge in [-0.2, -0.15) is 0 Å². The van der Waals surface area contributed by atoms with E-state index in [9.17, 15) is 9.59 Å². The van der Waals surface area contributed by atoms with E-state index in [1.165, 1.54) is 5.56 Å². The zero-order chi connectivity index (χ0) is 19.7. The molecule has 5 heteroatoms. The highest BCUT2D eigenvalue weighted by atomic mass is 35.5. The topological polar surface area (TPSA) is 58.2 Å². The number of rotatable bonds is 9. The van der Waals surface area contributed by atoms with Crippen LogP contribution in [-0.2, 0) is 22.4 Å². The van der Waals surface area contributed by atoms with Crippen LogP contribution in [0.1, 0.15) is 31.4 Å². The van der Waals surface area contributed by atoms with Gasteiger partial charge in [0.05, 0.1) is 0 Å². The van der Waals surface area contributed by atoms with Crippen molar-refractivity contribution in [3.05, 3.63) is 70.7 Å². The van der Waals surface area contributed by atoms with Crippen LogP contribution in [0.4, 0.5) is 0 Å². The molecule has 0 aromatic heterocycles. The van der Waals surface area contributed by atoms with Crippen LogP contribution in [0, 0.1) is 5.41 Å². The number of nitrogens with one attached hydrogen (secondary N) is 2. The van der Waals surface area contributed by atoms with E-state index in [2.05, 4.69) is 22.8 Å². The predicted octanol–water partition coefficient (Wildman–Crippen LogP) is 3.77. The van der Waals surface area contributed by atoms with E-state index in [-0.39, 0.29) is 11.8 Å². The fraction of sp³-hybridized carbons (Fsp3) is 0.364. The molecule has 2 rings (SSSR count). The lowest BCUT2D eigenvalue weighted by molar-refractivity contribution is -0.141. The van der Waals surface area contributed by atoms with Crippen LogP contribution in [0.5, 0.6) is 0 Å². The molecule has 4 nitrogen and oxygen atoms in total. The van der Waals surface area contributed by atoms with Gasteiger partial charge in [-0.1, -0.05) is 54.1 Å². The molecule has 0 spiro atoms. The molecule has 0 radical (unpaired) electrons. The summed E-state index contributed by atoms with van der Waals surface area (Å²) in [4.78, 5) is 24.8. The zero-order valence-electron chi connectivity index (χ0n) is 15.9. The van der Waals surface area contributed by atoms with E-state index in [1.54, 1.807) is 13.8 Å². The molecule has 0 unspecified atom stereocenters. The lowest BCUT2D eigenvalue weighted by Crippen LogP contribution is -2.48. The molecule has 2 N–H and O–H groups in total. The minimum atomic E-state index is -1.11. The Morgan fingerprint density at radius 1 is 0.852 bits per heavy atom. The molecule has 0 aliphatic rings. The van der Waals surface area contributed by atoms with Crippen LogP contribution in [0.3, 0.4) is 0 Å². The van der Waals surface area contributed by atoms with Crippen molar-refractivity contribution in [1.29, 1.82) is 0 Å².